The summed E-state index contributed by atoms with van der Waals surface area (Å²) in [6.07, 6.45) is 5.43. The maximum absolute atomic E-state index is 12.3. The lowest BCUT2D eigenvalue weighted by Gasteiger charge is -2.07. The number of allylic oxidation sites excluding steroid dienone is 1. The Bertz CT molecular complexity index is 1030. The van der Waals surface area contributed by atoms with Crippen LogP contribution in [0.25, 0.3) is 6.08 Å². The number of benzene rings is 1. The van der Waals surface area contributed by atoms with Gasteiger partial charge in [-0.15, -0.1) is 0 Å². The summed E-state index contributed by atoms with van der Waals surface area (Å²) in [6.45, 7) is 0.241. The van der Waals surface area contributed by atoms with E-state index < -0.39 is 4.92 Å². The van der Waals surface area contributed by atoms with Crippen molar-refractivity contribution in [3.8, 4) is 11.5 Å². The lowest BCUT2D eigenvalue weighted by molar-refractivity contribution is -0.385. The zero-order valence-corrected chi connectivity index (χ0v) is 15.2. The van der Waals surface area contributed by atoms with E-state index in [0.717, 1.165) is 0 Å². The third kappa shape index (κ3) is 4.26. The van der Waals surface area contributed by atoms with Crippen molar-refractivity contribution < 1.29 is 23.6 Å². The zero-order chi connectivity index (χ0) is 20.1. The van der Waals surface area contributed by atoms with Crippen molar-refractivity contribution in [3.05, 3.63) is 76.0 Å². The molecule has 28 heavy (non-hydrogen) atoms. The molecule has 2 heterocycles. The number of hydrogen-bond acceptors (Lipinski definition) is 7. The van der Waals surface area contributed by atoms with Crippen LogP contribution in [-0.2, 0) is 6.54 Å². The molecular weight excluding hydrogens is 366 g/mol. The van der Waals surface area contributed by atoms with Crippen molar-refractivity contribution in [2.75, 3.05) is 14.2 Å². The highest BCUT2D eigenvalue weighted by atomic mass is 16.6. The van der Waals surface area contributed by atoms with E-state index in [9.17, 15) is 14.9 Å². The normalized spacial score (nSPS) is 10.9. The summed E-state index contributed by atoms with van der Waals surface area (Å²) in [6, 6.07) is 8.32. The van der Waals surface area contributed by atoms with Crippen LogP contribution in [0, 0.1) is 10.1 Å². The monoisotopic (exact) mass is 383 g/mol. The van der Waals surface area contributed by atoms with Gasteiger partial charge in [0.15, 0.2) is 17.3 Å². The Labute approximate surface area is 159 Å². The first kappa shape index (κ1) is 18.9. The van der Waals surface area contributed by atoms with Crippen LogP contribution in [0.5, 0.6) is 11.5 Å². The van der Waals surface area contributed by atoms with Crippen molar-refractivity contribution in [1.82, 2.24) is 9.78 Å². The zero-order valence-electron chi connectivity index (χ0n) is 15.2. The number of methoxy groups -OCH3 is 2. The molecule has 0 aliphatic rings. The molecule has 0 bridgehead atoms. The highest BCUT2D eigenvalue weighted by molar-refractivity contribution is 6.07. The third-order valence-electron chi connectivity index (χ3n) is 3.90. The molecule has 144 valence electrons. The van der Waals surface area contributed by atoms with E-state index in [1.54, 1.807) is 36.4 Å². The molecule has 0 fully saturated rings. The fourth-order valence-electron chi connectivity index (χ4n) is 2.51. The van der Waals surface area contributed by atoms with Gasteiger partial charge < -0.3 is 13.9 Å². The fraction of sp³-hybridized carbons (Fsp3) is 0.158. The molecule has 1 aromatic carbocycles. The Hall–Kier alpha value is -3.88. The number of ketones is 1. The lowest BCUT2D eigenvalue weighted by atomic mass is 10.1. The number of aromatic nitrogens is 2. The lowest BCUT2D eigenvalue weighted by Crippen LogP contribution is -1.98. The van der Waals surface area contributed by atoms with Crippen LogP contribution >= 0.6 is 0 Å². The number of nitrogens with zero attached hydrogens (tertiary/aromatic N) is 3. The van der Waals surface area contributed by atoms with Gasteiger partial charge in [0.25, 0.3) is 0 Å². The first-order valence-corrected chi connectivity index (χ1v) is 8.20. The molecular formula is C19H17N3O6. The largest absolute Gasteiger partial charge is 0.493 e. The van der Waals surface area contributed by atoms with Crippen molar-refractivity contribution in [2.45, 2.75) is 6.54 Å². The first-order valence-electron chi connectivity index (χ1n) is 8.20. The topological polar surface area (TPSA) is 110 Å². The van der Waals surface area contributed by atoms with E-state index in [1.807, 2.05) is 0 Å². The predicted molar refractivity (Wildman–Crippen MR) is 99.6 cm³/mol. The van der Waals surface area contributed by atoms with Crippen LogP contribution in [-0.4, -0.2) is 34.7 Å². The van der Waals surface area contributed by atoms with E-state index in [0.29, 0.717) is 28.6 Å². The van der Waals surface area contributed by atoms with Gasteiger partial charge in [-0.2, -0.15) is 5.10 Å². The molecule has 9 heteroatoms. The molecule has 3 rings (SSSR count). The molecule has 0 radical (unpaired) electrons. The molecule has 0 aliphatic carbocycles. The number of furan rings is 1. The summed E-state index contributed by atoms with van der Waals surface area (Å²) in [5.41, 5.74) is 0.358. The Balaban J connectivity index is 1.67. The molecule has 2 aromatic heterocycles. The average molecular weight is 383 g/mol. The van der Waals surface area contributed by atoms with Gasteiger partial charge in [0, 0.05) is 5.56 Å². The number of carbonyl (C=O) groups excluding carboxylic acids is 1. The fourth-order valence-corrected chi connectivity index (χ4v) is 2.51. The van der Waals surface area contributed by atoms with E-state index in [1.165, 1.54) is 37.4 Å². The van der Waals surface area contributed by atoms with Crippen molar-refractivity contribution in [1.29, 1.82) is 0 Å². The summed E-state index contributed by atoms with van der Waals surface area (Å²) >= 11 is 0. The standard InChI is InChI=1S/C19H17N3O6/c1-26-18-8-3-13(9-19(18)27-2)17(23)7-6-15-4-5-16(28-15)12-21-11-14(10-20-21)22(24)25/h3-11H,12H2,1-2H3/b7-6+. The number of ether oxygens (including phenoxy) is 2. The molecule has 0 saturated carbocycles. The first-order chi connectivity index (χ1) is 13.5. The van der Waals surface area contributed by atoms with Gasteiger partial charge in [-0.3, -0.25) is 19.6 Å². The summed E-state index contributed by atoms with van der Waals surface area (Å²) in [5, 5.41) is 14.6. The second-order valence-electron chi connectivity index (χ2n) is 5.72. The van der Waals surface area contributed by atoms with Gasteiger partial charge in [0.05, 0.1) is 25.7 Å². The van der Waals surface area contributed by atoms with Crippen molar-refractivity contribution in [3.63, 3.8) is 0 Å². The Morgan fingerprint density at radius 1 is 1.25 bits per heavy atom. The second kappa shape index (κ2) is 8.21. The maximum atomic E-state index is 12.3. The summed E-state index contributed by atoms with van der Waals surface area (Å²) in [5.74, 6) is 1.82. The van der Waals surface area contributed by atoms with Crippen LogP contribution in [0.4, 0.5) is 5.69 Å². The molecule has 0 N–H and O–H groups in total. The molecule has 0 unspecified atom stereocenters. The molecule has 0 saturated heterocycles. The molecule has 0 amide bonds. The van der Waals surface area contributed by atoms with Gasteiger partial charge >= 0.3 is 5.69 Å². The van der Waals surface area contributed by atoms with E-state index in [4.69, 9.17) is 13.9 Å². The number of carbonyl (C=O) groups is 1. The Morgan fingerprint density at radius 3 is 2.71 bits per heavy atom. The average Bonchev–Trinajstić information content (AvgIpc) is 3.35. The van der Waals surface area contributed by atoms with Crippen molar-refractivity contribution >= 4 is 17.5 Å². The smallest absolute Gasteiger partial charge is 0.307 e. The van der Waals surface area contributed by atoms with E-state index in [2.05, 4.69) is 5.10 Å². The molecule has 0 atom stereocenters. The molecule has 9 nitrogen and oxygen atoms in total. The minimum absolute atomic E-state index is 0.0906. The van der Waals surface area contributed by atoms with Gasteiger partial charge in [0.2, 0.25) is 0 Å². The van der Waals surface area contributed by atoms with Gasteiger partial charge in [-0.25, -0.2) is 0 Å². The minimum Gasteiger partial charge on any atom is -0.493 e. The highest BCUT2D eigenvalue weighted by Gasteiger charge is 2.11. The Kier molecular flexibility index (Phi) is 5.54. The van der Waals surface area contributed by atoms with Gasteiger partial charge in [-0.1, -0.05) is 0 Å². The van der Waals surface area contributed by atoms with Gasteiger partial charge in [0.1, 0.15) is 23.9 Å². The van der Waals surface area contributed by atoms with E-state index in [-0.39, 0.29) is 18.0 Å². The second-order valence-corrected chi connectivity index (χ2v) is 5.72. The number of hydrogen-bond donors (Lipinski definition) is 0. The van der Waals surface area contributed by atoms with Crippen LogP contribution in [0.3, 0.4) is 0 Å². The molecule has 0 spiro atoms. The molecule has 3 aromatic rings. The third-order valence-corrected chi connectivity index (χ3v) is 3.90. The van der Waals surface area contributed by atoms with Gasteiger partial charge in [-0.05, 0) is 42.5 Å². The number of rotatable bonds is 8. The Morgan fingerprint density at radius 2 is 2.04 bits per heavy atom. The van der Waals surface area contributed by atoms with Crippen LogP contribution in [0.1, 0.15) is 21.9 Å². The van der Waals surface area contributed by atoms with Crippen molar-refractivity contribution in [2.24, 2.45) is 0 Å². The van der Waals surface area contributed by atoms with Crippen LogP contribution in [0.2, 0.25) is 0 Å². The SMILES string of the molecule is COc1ccc(C(=O)/C=C/c2ccc(Cn3cc([N+](=O)[O-])cn3)o2)cc1OC. The minimum atomic E-state index is -0.514. The summed E-state index contributed by atoms with van der Waals surface area (Å²) < 4.78 is 17.4. The highest BCUT2D eigenvalue weighted by Crippen LogP contribution is 2.27. The maximum Gasteiger partial charge on any atom is 0.307 e. The van der Waals surface area contributed by atoms with Crippen LogP contribution in [0.15, 0.2) is 53.2 Å². The predicted octanol–water partition coefficient (Wildman–Crippen LogP) is 3.35. The van der Waals surface area contributed by atoms with Crippen LogP contribution < -0.4 is 9.47 Å². The summed E-state index contributed by atoms with van der Waals surface area (Å²) in [7, 11) is 3.02. The van der Waals surface area contributed by atoms with E-state index >= 15 is 0 Å². The quantitative estimate of drug-likeness (QED) is 0.254. The summed E-state index contributed by atoms with van der Waals surface area (Å²) in [4.78, 5) is 22.5. The number of nitro groups is 1. The molecule has 0 aliphatic heterocycles.